The molecule has 38 heavy (non-hydrogen) atoms. The van der Waals surface area contributed by atoms with Gasteiger partial charge in [-0.1, -0.05) is 54.9 Å². The number of thioether (sulfide) groups is 1. The third-order valence-electron chi connectivity index (χ3n) is 5.75. The van der Waals surface area contributed by atoms with E-state index in [9.17, 15) is 9.59 Å². The highest BCUT2D eigenvalue weighted by Crippen LogP contribution is 2.29. The smallest absolute Gasteiger partial charge is 0.253 e. The fourth-order valence-electron chi connectivity index (χ4n) is 3.77. The van der Waals surface area contributed by atoms with Gasteiger partial charge in [-0.3, -0.25) is 9.59 Å². The lowest BCUT2D eigenvalue weighted by Gasteiger charge is -2.21. The Hall–Kier alpha value is -2.33. The SMILES string of the molecule is C=CCn1c(SCC(=O)Nc2cc(C)c(C)cc2Br)nnc1[C@@H](CC(C)C)NC(=O)c1ccc(Cl)cc1Cl. The van der Waals surface area contributed by atoms with Crippen molar-refractivity contribution in [3.8, 4) is 0 Å². The largest absolute Gasteiger partial charge is 0.342 e. The molecular weight excluding hydrogens is 609 g/mol. The maximum absolute atomic E-state index is 13.1. The fourth-order valence-corrected chi connectivity index (χ4v) is 5.57. The molecule has 0 saturated carbocycles. The summed E-state index contributed by atoms with van der Waals surface area (Å²) in [6.07, 6.45) is 2.35. The van der Waals surface area contributed by atoms with Gasteiger partial charge in [-0.15, -0.1) is 16.8 Å². The number of aryl methyl sites for hydroxylation is 2. The van der Waals surface area contributed by atoms with Crippen molar-refractivity contribution >= 4 is 68.4 Å². The van der Waals surface area contributed by atoms with Crippen molar-refractivity contribution in [2.24, 2.45) is 5.92 Å². The Morgan fingerprint density at radius 1 is 1.16 bits per heavy atom. The lowest BCUT2D eigenvalue weighted by atomic mass is 10.0. The van der Waals surface area contributed by atoms with Crippen molar-refractivity contribution in [2.45, 2.75) is 51.9 Å². The summed E-state index contributed by atoms with van der Waals surface area (Å²) in [7, 11) is 0. The summed E-state index contributed by atoms with van der Waals surface area (Å²) in [5.74, 6) is 0.470. The number of anilines is 1. The van der Waals surface area contributed by atoms with E-state index in [4.69, 9.17) is 23.2 Å². The van der Waals surface area contributed by atoms with Crippen LogP contribution in [0.15, 0.2) is 52.6 Å². The number of nitrogens with one attached hydrogen (secondary N) is 2. The van der Waals surface area contributed by atoms with Gasteiger partial charge in [0.15, 0.2) is 11.0 Å². The summed E-state index contributed by atoms with van der Waals surface area (Å²) >= 11 is 17.0. The third kappa shape index (κ3) is 7.85. The van der Waals surface area contributed by atoms with E-state index in [2.05, 4.69) is 57.2 Å². The van der Waals surface area contributed by atoms with E-state index in [1.54, 1.807) is 18.2 Å². The van der Waals surface area contributed by atoms with Gasteiger partial charge >= 0.3 is 0 Å². The number of hydrogen-bond donors (Lipinski definition) is 2. The van der Waals surface area contributed by atoms with Gasteiger partial charge in [-0.05, 0) is 83.6 Å². The Balaban J connectivity index is 1.79. The molecule has 3 rings (SSSR count). The molecule has 0 aliphatic carbocycles. The summed E-state index contributed by atoms with van der Waals surface area (Å²) in [5, 5.41) is 16.0. The van der Waals surface area contributed by atoms with Gasteiger partial charge in [-0.2, -0.15) is 0 Å². The Morgan fingerprint density at radius 3 is 2.53 bits per heavy atom. The van der Waals surface area contributed by atoms with Crippen LogP contribution >= 0.6 is 50.9 Å². The van der Waals surface area contributed by atoms with Crippen LogP contribution in [0.25, 0.3) is 0 Å². The van der Waals surface area contributed by atoms with Crippen LogP contribution in [-0.4, -0.2) is 32.3 Å². The minimum Gasteiger partial charge on any atom is -0.342 e. The van der Waals surface area contributed by atoms with Crippen LogP contribution in [-0.2, 0) is 11.3 Å². The fraction of sp³-hybridized carbons (Fsp3) is 0.333. The molecule has 0 radical (unpaired) electrons. The third-order valence-corrected chi connectivity index (χ3v) is 7.92. The highest BCUT2D eigenvalue weighted by molar-refractivity contribution is 9.10. The lowest BCUT2D eigenvalue weighted by Crippen LogP contribution is -2.32. The summed E-state index contributed by atoms with van der Waals surface area (Å²) < 4.78 is 2.69. The van der Waals surface area contributed by atoms with Crippen LogP contribution < -0.4 is 10.6 Å². The molecule has 2 amide bonds. The summed E-state index contributed by atoms with van der Waals surface area (Å²) in [4.78, 5) is 25.8. The van der Waals surface area contributed by atoms with Crippen LogP contribution in [0.4, 0.5) is 5.69 Å². The quantitative estimate of drug-likeness (QED) is 0.169. The van der Waals surface area contributed by atoms with E-state index < -0.39 is 6.04 Å². The molecule has 1 atom stereocenters. The van der Waals surface area contributed by atoms with Crippen LogP contribution in [0.3, 0.4) is 0 Å². The first-order valence-corrected chi connectivity index (χ1v) is 14.5. The van der Waals surface area contributed by atoms with Gasteiger partial charge in [0.2, 0.25) is 5.91 Å². The number of aromatic nitrogens is 3. The molecule has 2 aromatic carbocycles. The van der Waals surface area contributed by atoms with E-state index in [1.807, 2.05) is 30.5 Å². The van der Waals surface area contributed by atoms with Crippen molar-refractivity contribution in [1.29, 1.82) is 0 Å². The molecule has 1 aromatic heterocycles. The van der Waals surface area contributed by atoms with Crippen molar-refractivity contribution in [1.82, 2.24) is 20.1 Å². The topological polar surface area (TPSA) is 88.9 Å². The molecule has 3 aromatic rings. The molecule has 1 heterocycles. The van der Waals surface area contributed by atoms with E-state index in [1.165, 1.54) is 17.8 Å². The molecule has 0 fully saturated rings. The molecule has 202 valence electrons. The van der Waals surface area contributed by atoms with E-state index in [0.717, 1.165) is 15.6 Å². The first-order chi connectivity index (χ1) is 18.0. The maximum atomic E-state index is 13.1. The van der Waals surface area contributed by atoms with Gasteiger partial charge in [0.25, 0.3) is 5.91 Å². The van der Waals surface area contributed by atoms with Crippen molar-refractivity contribution in [3.63, 3.8) is 0 Å². The van der Waals surface area contributed by atoms with Crippen LogP contribution in [0.2, 0.25) is 10.0 Å². The van der Waals surface area contributed by atoms with Gasteiger partial charge in [0.1, 0.15) is 0 Å². The first kappa shape index (κ1) is 30.2. The number of hydrogen-bond acceptors (Lipinski definition) is 5. The number of benzene rings is 2. The Morgan fingerprint density at radius 2 is 1.87 bits per heavy atom. The van der Waals surface area contributed by atoms with Crippen LogP contribution in [0.1, 0.15) is 53.6 Å². The molecule has 0 saturated heterocycles. The highest BCUT2D eigenvalue weighted by Gasteiger charge is 2.25. The van der Waals surface area contributed by atoms with E-state index in [0.29, 0.717) is 40.2 Å². The minimum atomic E-state index is -0.434. The number of halogens is 3. The van der Waals surface area contributed by atoms with Gasteiger partial charge in [0.05, 0.1) is 28.1 Å². The Bertz CT molecular complexity index is 1350. The predicted octanol–water partition coefficient (Wildman–Crippen LogP) is 7.40. The average molecular weight is 639 g/mol. The maximum Gasteiger partial charge on any atom is 0.253 e. The number of nitrogens with zero attached hydrogens (tertiary/aromatic N) is 3. The van der Waals surface area contributed by atoms with Crippen LogP contribution in [0.5, 0.6) is 0 Å². The number of rotatable bonds is 11. The zero-order valence-corrected chi connectivity index (χ0v) is 25.6. The molecule has 0 aliphatic heterocycles. The van der Waals surface area contributed by atoms with Crippen molar-refractivity contribution in [3.05, 3.63) is 80.0 Å². The number of carbonyl (C=O) groups excluding carboxylic acids is 2. The lowest BCUT2D eigenvalue weighted by molar-refractivity contribution is -0.113. The summed E-state index contributed by atoms with van der Waals surface area (Å²) in [6, 6.07) is 8.23. The predicted molar refractivity (Wildman–Crippen MR) is 159 cm³/mol. The van der Waals surface area contributed by atoms with Crippen LogP contribution in [0, 0.1) is 19.8 Å². The van der Waals surface area contributed by atoms with Crippen molar-refractivity contribution in [2.75, 3.05) is 11.1 Å². The number of carbonyl (C=O) groups is 2. The molecular formula is C27H30BrCl2N5O2S. The molecule has 7 nitrogen and oxygen atoms in total. The van der Waals surface area contributed by atoms with Gasteiger partial charge in [-0.25, -0.2) is 0 Å². The Kier molecular flexibility index (Phi) is 10.8. The molecule has 0 bridgehead atoms. The first-order valence-electron chi connectivity index (χ1n) is 12.0. The molecule has 2 N–H and O–H groups in total. The number of allylic oxidation sites excluding steroid dienone is 1. The van der Waals surface area contributed by atoms with Crippen molar-refractivity contribution < 1.29 is 9.59 Å². The zero-order chi connectivity index (χ0) is 28.0. The average Bonchev–Trinajstić information content (AvgIpc) is 3.23. The standard InChI is InChI=1S/C27H30BrCl2N5O2S/c1-6-9-35-25(23(10-15(2)3)32-26(37)19-8-7-18(29)13-21(19)30)33-34-27(35)38-14-24(36)31-22-12-17(5)16(4)11-20(22)28/h6-8,11-13,15,23H,1,9-10,14H2,2-5H3,(H,31,36)(H,32,37)/t23-/m1/s1. The highest BCUT2D eigenvalue weighted by atomic mass is 79.9. The normalized spacial score (nSPS) is 11.9. The van der Waals surface area contributed by atoms with Gasteiger partial charge < -0.3 is 15.2 Å². The van der Waals surface area contributed by atoms with Gasteiger partial charge in [0, 0.05) is 16.0 Å². The molecule has 0 unspecified atom stereocenters. The van der Waals surface area contributed by atoms with E-state index >= 15 is 0 Å². The Labute approximate surface area is 245 Å². The summed E-state index contributed by atoms with van der Waals surface area (Å²) in [6.45, 7) is 12.4. The number of amides is 2. The molecule has 0 aliphatic rings. The molecule has 0 spiro atoms. The molecule has 11 heteroatoms. The van der Waals surface area contributed by atoms with E-state index in [-0.39, 0.29) is 28.5 Å². The summed E-state index contributed by atoms with van der Waals surface area (Å²) in [5.41, 5.74) is 3.26. The second-order valence-corrected chi connectivity index (χ2v) is 11.9. The zero-order valence-electron chi connectivity index (χ0n) is 21.6. The minimum absolute atomic E-state index is 0.135. The second kappa shape index (κ2) is 13.6. The monoisotopic (exact) mass is 637 g/mol. The second-order valence-electron chi connectivity index (χ2n) is 9.27.